The first kappa shape index (κ1) is 14.6. The normalized spacial score (nSPS) is 10.1. The number of carbonyl (C=O) groups is 1. The summed E-state index contributed by atoms with van der Waals surface area (Å²) in [5.74, 6) is 0.00290. The van der Waals surface area contributed by atoms with E-state index in [1.54, 1.807) is 23.8 Å². The molecular formula is C15H15NO5. The number of aromatic carboxylic acids is 1. The van der Waals surface area contributed by atoms with Gasteiger partial charge in [0.05, 0.1) is 13.7 Å². The summed E-state index contributed by atoms with van der Waals surface area (Å²) in [7, 11) is 1.56. The molecule has 0 bridgehead atoms. The zero-order chi connectivity index (χ0) is 15.2. The van der Waals surface area contributed by atoms with Crippen molar-refractivity contribution in [3.8, 4) is 11.5 Å². The summed E-state index contributed by atoms with van der Waals surface area (Å²) >= 11 is 0. The summed E-state index contributed by atoms with van der Waals surface area (Å²) in [5.41, 5.74) is -0.765. The van der Waals surface area contributed by atoms with Gasteiger partial charge in [0.1, 0.15) is 12.2 Å². The van der Waals surface area contributed by atoms with E-state index in [4.69, 9.17) is 14.6 Å². The van der Waals surface area contributed by atoms with E-state index >= 15 is 0 Å². The number of methoxy groups -OCH3 is 1. The fraction of sp³-hybridized carbons (Fsp3) is 0.200. The molecule has 21 heavy (non-hydrogen) atoms. The van der Waals surface area contributed by atoms with E-state index in [0.29, 0.717) is 24.7 Å². The third-order valence-electron chi connectivity index (χ3n) is 2.88. The Labute approximate surface area is 121 Å². The predicted octanol–water partition coefficient (Wildman–Crippen LogP) is 1.63. The Bertz CT molecular complexity index is 692. The van der Waals surface area contributed by atoms with Gasteiger partial charge in [-0.25, -0.2) is 4.79 Å². The van der Waals surface area contributed by atoms with Crippen molar-refractivity contribution in [3.05, 3.63) is 58.5 Å². The minimum atomic E-state index is -1.24. The molecular weight excluding hydrogens is 274 g/mol. The number of carboxylic acid groups (broad SMARTS) is 1. The smallest absolute Gasteiger partial charge is 0.341 e. The zero-order valence-corrected chi connectivity index (χ0v) is 11.5. The molecule has 110 valence electrons. The van der Waals surface area contributed by atoms with Crippen molar-refractivity contribution in [2.45, 2.75) is 6.54 Å². The Morgan fingerprint density at radius 1 is 1.24 bits per heavy atom. The number of hydrogen-bond donors (Lipinski definition) is 1. The maximum absolute atomic E-state index is 11.3. The van der Waals surface area contributed by atoms with Crippen LogP contribution in [0, 0.1) is 0 Å². The highest BCUT2D eigenvalue weighted by Crippen LogP contribution is 2.25. The molecule has 1 aromatic carbocycles. The number of pyridine rings is 1. The molecule has 0 fully saturated rings. The van der Waals surface area contributed by atoms with Crippen LogP contribution in [0.4, 0.5) is 0 Å². The second-order valence-corrected chi connectivity index (χ2v) is 4.27. The van der Waals surface area contributed by atoms with E-state index in [0.717, 1.165) is 0 Å². The average Bonchev–Trinajstić information content (AvgIpc) is 2.49. The van der Waals surface area contributed by atoms with Crippen LogP contribution < -0.4 is 14.9 Å². The van der Waals surface area contributed by atoms with Crippen LogP contribution in [-0.4, -0.2) is 29.4 Å². The number of hydrogen-bond acceptors (Lipinski definition) is 4. The van der Waals surface area contributed by atoms with Gasteiger partial charge in [-0.3, -0.25) is 4.79 Å². The first-order valence-corrected chi connectivity index (χ1v) is 6.31. The first-order chi connectivity index (χ1) is 10.1. The van der Waals surface area contributed by atoms with Gasteiger partial charge in [-0.15, -0.1) is 0 Å². The number of aromatic nitrogens is 1. The predicted molar refractivity (Wildman–Crippen MR) is 76.2 cm³/mol. The molecule has 0 radical (unpaired) electrons. The summed E-state index contributed by atoms with van der Waals surface area (Å²) in [4.78, 5) is 22.2. The Morgan fingerprint density at radius 3 is 2.62 bits per heavy atom. The number of benzene rings is 1. The van der Waals surface area contributed by atoms with Crippen molar-refractivity contribution < 1.29 is 19.4 Å². The van der Waals surface area contributed by atoms with Crippen LogP contribution in [0.5, 0.6) is 11.5 Å². The molecule has 0 aliphatic rings. The zero-order valence-electron chi connectivity index (χ0n) is 11.5. The SMILES string of the molecule is COc1ccccc1OCCn1ccc(=O)c(C(=O)O)c1. The van der Waals surface area contributed by atoms with Gasteiger partial charge in [-0.2, -0.15) is 0 Å². The second-order valence-electron chi connectivity index (χ2n) is 4.27. The topological polar surface area (TPSA) is 77.8 Å². The summed E-state index contributed by atoms with van der Waals surface area (Å²) in [5, 5.41) is 8.90. The van der Waals surface area contributed by atoms with Crippen molar-refractivity contribution >= 4 is 5.97 Å². The average molecular weight is 289 g/mol. The maximum atomic E-state index is 11.3. The Hall–Kier alpha value is -2.76. The molecule has 6 heteroatoms. The highest BCUT2D eigenvalue weighted by atomic mass is 16.5. The number of nitrogens with zero attached hydrogens (tertiary/aromatic N) is 1. The molecule has 1 heterocycles. The van der Waals surface area contributed by atoms with Crippen LogP contribution >= 0.6 is 0 Å². The lowest BCUT2D eigenvalue weighted by atomic mass is 10.3. The van der Waals surface area contributed by atoms with Crippen LogP contribution in [0.1, 0.15) is 10.4 Å². The van der Waals surface area contributed by atoms with Gasteiger partial charge in [0.2, 0.25) is 0 Å². The third-order valence-corrected chi connectivity index (χ3v) is 2.88. The summed E-state index contributed by atoms with van der Waals surface area (Å²) < 4.78 is 12.4. The van der Waals surface area contributed by atoms with Crippen LogP contribution in [0.3, 0.4) is 0 Å². The Kier molecular flexibility index (Phi) is 4.61. The number of ether oxygens (including phenoxy) is 2. The highest BCUT2D eigenvalue weighted by Gasteiger charge is 2.08. The molecule has 2 aromatic rings. The number of carboxylic acids is 1. The minimum Gasteiger partial charge on any atom is -0.493 e. The lowest BCUT2D eigenvalue weighted by molar-refractivity contribution is 0.0694. The maximum Gasteiger partial charge on any atom is 0.341 e. The van der Waals surface area contributed by atoms with E-state index in [2.05, 4.69) is 0 Å². The van der Waals surface area contributed by atoms with Crippen molar-refractivity contribution in [2.24, 2.45) is 0 Å². The van der Waals surface area contributed by atoms with Gasteiger partial charge in [-0.1, -0.05) is 12.1 Å². The van der Waals surface area contributed by atoms with Gasteiger partial charge in [-0.05, 0) is 12.1 Å². The van der Waals surface area contributed by atoms with Crippen LogP contribution in [-0.2, 0) is 6.54 Å². The minimum absolute atomic E-state index is 0.255. The van der Waals surface area contributed by atoms with E-state index < -0.39 is 11.4 Å². The van der Waals surface area contributed by atoms with E-state index in [1.807, 2.05) is 12.1 Å². The molecule has 1 N–H and O–H groups in total. The molecule has 0 spiro atoms. The van der Waals surface area contributed by atoms with Gasteiger partial charge < -0.3 is 19.1 Å². The molecule has 6 nitrogen and oxygen atoms in total. The first-order valence-electron chi connectivity index (χ1n) is 6.31. The molecule has 0 saturated heterocycles. The molecule has 0 aliphatic carbocycles. The van der Waals surface area contributed by atoms with Crippen LogP contribution in [0.15, 0.2) is 47.5 Å². The van der Waals surface area contributed by atoms with Gasteiger partial charge in [0, 0.05) is 18.5 Å². The quantitative estimate of drug-likeness (QED) is 0.874. The molecule has 0 amide bonds. The largest absolute Gasteiger partial charge is 0.493 e. The Morgan fingerprint density at radius 2 is 1.95 bits per heavy atom. The van der Waals surface area contributed by atoms with Gasteiger partial charge in [0.15, 0.2) is 16.9 Å². The van der Waals surface area contributed by atoms with Gasteiger partial charge >= 0.3 is 5.97 Å². The summed E-state index contributed by atoms with van der Waals surface area (Å²) in [6.45, 7) is 0.737. The van der Waals surface area contributed by atoms with Crippen molar-refractivity contribution in [1.82, 2.24) is 4.57 Å². The van der Waals surface area contributed by atoms with Gasteiger partial charge in [0.25, 0.3) is 0 Å². The molecule has 1 aromatic heterocycles. The lowest BCUT2D eigenvalue weighted by Gasteiger charge is -2.11. The number of rotatable bonds is 6. The summed E-state index contributed by atoms with van der Waals surface area (Å²) in [6.07, 6.45) is 2.83. The van der Waals surface area contributed by atoms with E-state index in [-0.39, 0.29) is 5.56 Å². The van der Waals surface area contributed by atoms with Crippen LogP contribution in [0.2, 0.25) is 0 Å². The van der Waals surface area contributed by atoms with Crippen molar-refractivity contribution in [2.75, 3.05) is 13.7 Å². The standard InChI is InChI=1S/C15H15NO5/c1-20-13-4-2-3-5-14(13)21-9-8-16-7-6-12(17)11(10-16)15(18)19/h2-7,10H,8-9H2,1H3,(H,18,19). The fourth-order valence-corrected chi connectivity index (χ4v) is 1.82. The second kappa shape index (κ2) is 6.60. The van der Waals surface area contributed by atoms with Crippen molar-refractivity contribution in [3.63, 3.8) is 0 Å². The molecule has 0 atom stereocenters. The molecule has 2 rings (SSSR count). The van der Waals surface area contributed by atoms with E-state index in [1.165, 1.54) is 18.5 Å². The molecule has 0 saturated carbocycles. The monoisotopic (exact) mass is 289 g/mol. The Balaban J connectivity index is 2.02. The van der Waals surface area contributed by atoms with Crippen molar-refractivity contribution in [1.29, 1.82) is 0 Å². The van der Waals surface area contributed by atoms with E-state index in [9.17, 15) is 9.59 Å². The fourth-order valence-electron chi connectivity index (χ4n) is 1.82. The summed E-state index contributed by atoms with van der Waals surface area (Å²) in [6, 6.07) is 8.48. The van der Waals surface area contributed by atoms with Crippen LogP contribution in [0.25, 0.3) is 0 Å². The lowest BCUT2D eigenvalue weighted by Crippen LogP contribution is -2.18. The molecule has 0 unspecified atom stereocenters. The third kappa shape index (κ3) is 3.62. The molecule has 0 aliphatic heterocycles. The highest BCUT2D eigenvalue weighted by molar-refractivity contribution is 5.86. The number of para-hydroxylation sites is 2.